The van der Waals surface area contributed by atoms with Crippen LogP contribution in [0.3, 0.4) is 0 Å². The molecule has 3 heteroatoms. The summed E-state index contributed by atoms with van der Waals surface area (Å²) in [5.74, 6) is 3.07. The third-order valence-corrected chi connectivity index (χ3v) is 20.1. The van der Waals surface area contributed by atoms with E-state index in [-0.39, 0.29) is 3.72 Å². The fraction of sp³-hybridized carbons (Fsp3) is 0.773. The van der Waals surface area contributed by atoms with Crippen molar-refractivity contribution in [1.82, 2.24) is 3.80 Å². The molecule has 4 bridgehead atoms. The molecule has 4 saturated carbocycles. The fourth-order valence-corrected chi connectivity index (χ4v) is 19.6. The van der Waals surface area contributed by atoms with Gasteiger partial charge in [-0.25, -0.2) is 0 Å². The monoisotopic (exact) mass is 391 g/mol. The van der Waals surface area contributed by atoms with Gasteiger partial charge in [0, 0.05) is 0 Å². The average molecular weight is 391 g/mol. The first-order valence-electron chi connectivity index (χ1n) is 10.5. The van der Waals surface area contributed by atoms with Crippen molar-refractivity contribution >= 4 is 13.8 Å². The van der Waals surface area contributed by atoms with Crippen LogP contribution in [0.1, 0.15) is 73.1 Å². The van der Waals surface area contributed by atoms with Crippen molar-refractivity contribution in [2.24, 2.45) is 17.8 Å². The van der Waals surface area contributed by atoms with Crippen molar-refractivity contribution in [2.75, 3.05) is 0 Å². The molecule has 138 valence electrons. The molecule has 0 aliphatic heterocycles. The van der Waals surface area contributed by atoms with Gasteiger partial charge in [0.15, 0.2) is 0 Å². The number of nitrogens with one attached hydrogen (secondary N) is 1. The van der Waals surface area contributed by atoms with Crippen LogP contribution in [0.25, 0.3) is 0 Å². The van der Waals surface area contributed by atoms with E-state index in [9.17, 15) is 0 Å². The van der Waals surface area contributed by atoms with Crippen LogP contribution >= 0.6 is 0 Å². The summed E-state index contributed by atoms with van der Waals surface area (Å²) >= 11 is -2.50. The second-order valence-corrected chi connectivity index (χ2v) is 19.2. The molecule has 1 N–H and O–H groups in total. The second-order valence-electron chi connectivity index (χ2n) is 10.4. The van der Waals surface area contributed by atoms with E-state index in [1.165, 1.54) is 44.1 Å². The molecule has 0 aromatic carbocycles. The van der Waals surface area contributed by atoms with Gasteiger partial charge in [0.2, 0.25) is 0 Å². The summed E-state index contributed by atoms with van der Waals surface area (Å²) in [7, 11) is 2.15. The summed E-state index contributed by atoms with van der Waals surface area (Å²) in [5.41, 5.74) is 3.63. The van der Waals surface area contributed by atoms with Crippen molar-refractivity contribution in [3.63, 3.8) is 0 Å². The quantitative estimate of drug-likeness (QED) is 0.656. The zero-order valence-corrected chi connectivity index (χ0v) is 20.0. The molecule has 5 rings (SSSR count). The minimum atomic E-state index is -2.50. The fourth-order valence-electron chi connectivity index (χ4n) is 7.47. The molecule has 1 nitrogen and oxygen atoms in total. The van der Waals surface area contributed by atoms with Crippen LogP contribution in [0, 0.1) is 17.8 Å². The predicted molar refractivity (Wildman–Crippen MR) is 110 cm³/mol. The van der Waals surface area contributed by atoms with Gasteiger partial charge in [0.05, 0.1) is 0 Å². The Balaban J connectivity index is 1.74. The van der Waals surface area contributed by atoms with Crippen LogP contribution < -0.4 is 3.80 Å². The summed E-state index contributed by atoms with van der Waals surface area (Å²) in [6.07, 6.45) is 14.0. The zero-order chi connectivity index (χ0) is 18.0. The SMILES string of the molecule is CC1=C(C)[C](C)([Ti]([CH]=[SiH2])([NH]C23CC4CC(CC(C4)C2)C3)[CH](C)C)C=C1. The Kier molecular flexibility index (Phi) is 4.56. The van der Waals surface area contributed by atoms with E-state index in [2.05, 4.69) is 64.4 Å². The van der Waals surface area contributed by atoms with E-state index in [0.717, 1.165) is 22.0 Å². The molecule has 0 spiro atoms. The number of hydrogen-bond acceptors (Lipinski definition) is 1. The molecule has 2 unspecified atom stereocenters. The summed E-state index contributed by atoms with van der Waals surface area (Å²) in [4.78, 5) is 0. The zero-order valence-electron chi connectivity index (χ0n) is 17.0. The maximum absolute atomic E-state index is 4.61. The van der Waals surface area contributed by atoms with Gasteiger partial charge in [0.1, 0.15) is 0 Å². The second kappa shape index (κ2) is 6.12. The van der Waals surface area contributed by atoms with E-state index in [4.69, 9.17) is 0 Å². The third kappa shape index (κ3) is 2.65. The Hall–Kier alpha value is 0.241. The first kappa shape index (κ1) is 18.6. The molecule has 0 radical (unpaired) electrons. The molecule has 0 heterocycles. The van der Waals surface area contributed by atoms with Gasteiger partial charge in [0.25, 0.3) is 0 Å². The predicted octanol–water partition coefficient (Wildman–Crippen LogP) is 4.92. The number of allylic oxidation sites excluding steroid dienone is 4. The van der Waals surface area contributed by atoms with Crippen molar-refractivity contribution in [3.05, 3.63) is 23.3 Å². The molecule has 0 saturated heterocycles. The van der Waals surface area contributed by atoms with Crippen LogP contribution in [-0.2, 0) is 16.8 Å². The standard InChI is InChI=1S/C10H16N.C8H11.C3H7.CH3Si.Ti/c11-10-4-7-1-8(5-10)3-9(2-7)6-10;1-6-4-5-7(2)8(6)3;1-3-2;1-2;/h7-9,11H,1-6H2;4-5H,1-3H3;3H,1-2H3;1H,2H2;/q-1;;;;+1. The van der Waals surface area contributed by atoms with E-state index in [1.807, 2.05) is 0 Å². The third-order valence-electron chi connectivity index (χ3n) is 8.64. The van der Waals surface area contributed by atoms with Gasteiger partial charge in [-0.3, -0.25) is 0 Å². The van der Waals surface area contributed by atoms with Crippen LogP contribution in [0.2, 0.25) is 7.94 Å². The first-order chi connectivity index (χ1) is 11.7. The molecule has 0 aromatic rings. The van der Waals surface area contributed by atoms with Crippen LogP contribution in [-0.4, -0.2) is 19.4 Å². The molecule has 25 heavy (non-hydrogen) atoms. The number of rotatable bonds is 5. The van der Waals surface area contributed by atoms with E-state index in [0.29, 0.717) is 5.54 Å². The topological polar surface area (TPSA) is 12.0 Å². The van der Waals surface area contributed by atoms with Crippen molar-refractivity contribution < 1.29 is 16.8 Å². The van der Waals surface area contributed by atoms with Gasteiger partial charge in [-0.15, -0.1) is 0 Å². The molecule has 2 atom stereocenters. The Bertz CT molecular complexity index is 613. The van der Waals surface area contributed by atoms with E-state index >= 15 is 0 Å². The molecule has 5 aliphatic rings. The Morgan fingerprint density at radius 3 is 2.00 bits per heavy atom. The van der Waals surface area contributed by atoms with Gasteiger partial charge in [-0.1, -0.05) is 0 Å². The Morgan fingerprint density at radius 2 is 1.64 bits per heavy atom. The van der Waals surface area contributed by atoms with Crippen LogP contribution in [0.5, 0.6) is 0 Å². The van der Waals surface area contributed by atoms with Gasteiger partial charge in [-0.2, -0.15) is 0 Å². The molecule has 0 amide bonds. The van der Waals surface area contributed by atoms with Gasteiger partial charge >= 0.3 is 162 Å². The molecule has 0 aromatic heterocycles. The van der Waals surface area contributed by atoms with Gasteiger partial charge < -0.3 is 0 Å². The van der Waals surface area contributed by atoms with Crippen LogP contribution in [0.4, 0.5) is 0 Å². The summed E-state index contributed by atoms with van der Waals surface area (Å²) in [5, 5.41) is 0. The first-order valence-corrected chi connectivity index (χ1v) is 14.7. The summed E-state index contributed by atoms with van der Waals surface area (Å²) in [6, 6.07) is 0. The maximum atomic E-state index is 4.61. The molecule has 5 aliphatic carbocycles. The summed E-state index contributed by atoms with van der Waals surface area (Å²) < 4.78 is 8.39. The molecular formula is C22H37NSiTi. The van der Waals surface area contributed by atoms with Crippen molar-refractivity contribution in [3.8, 4) is 0 Å². The van der Waals surface area contributed by atoms with Crippen molar-refractivity contribution in [2.45, 2.75) is 86.6 Å². The normalized spacial score (nSPS) is 44.6. The van der Waals surface area contributed by atoms with Crippen molar-refractivity contribution in [1.29, 1.82) is 0 Å². The van der Waals surface area contributed by atoms with E-state index in [1.54, 1.807) is 5.57 Å². The van der Waals surface area contributed by atoms with Gasteiger partial charge in [-0.05, 0) is 0 Å². The van der Waals surface area contributed by atoms with Crippen LogP contribution in [0.15, 0.2) is 23.3 Å². The minimum absolute atomic E-state index is 0.281. The van der Waals surface area contributed by atoms with E-state index < -0.39 is 16.8 Å². The Labute approximate surface area is 161 Å². The Morgan fingerprint density at radius 1 is 1.12 bits per heavy atom. The summed E-state index contributed by atoms with van der Waals surface area (Å²) in [6.45, 7) is 12.3. The molecule has 4 fully saturated rings. The number of hydrogen-bond donors (Lipinski definition) is 1. The molecular weight excluding hydrogens is 354 g/mol. The average Bonchev–Trinajstić information content (AvgIpc) is 2.80.